The summed E-state index contributed by atoms with van der Waals surface area (Å²) in [5, 5.41) is 10.0. The summed E-state index contributed by atoms with van der Waals surface area (Å²) in [5.74, 6) is 1.18. The van der Waals surface area contributed by atoms with E-state index >= 15 is 0 Å². The Morgan fingerprint density at radius 3 is 2.84 bits per heavy atom. The van der Waals surface area contributed by atoms with Gasteiger partial charge in [-0.2, -0.15) is 0 Å². The summed E-state index contributed by atoms with van der Waals surface area (Å²) in [6.45, 7) is 2.54. The van der Waals surface area contributed by atoms with E-state index in [-0.39, 0.29) is 5.91 Å². The maximum atomic E-state index is 12.4. The molecule has 0 spiro atoms. The molecule has 2 heterocycles. The minimum atomic E-state index is -0.406. The molecule has 3 rings (SSSR count). The number of aliphatic hydroxyl groups is 1. The molecular weight excluding hydrogens is 246 g/mol. The lowest BCUT2D eigenvalue weighted by Crippen LogP contribution is -2.53. The number of likely N-dealkylation sites (tertiary alicyclic amines) is 1. The Morgan fingerprint density at radius 1 is 1.47 bits per heavy atom. The topological polar surface area (TPSA) is 62.9 Å². The Morgan fingerprint density at radius 2 is 2.21 bits per heavy atom. The first kappa shape index (κ1) is 12.0. The number of β-amino-alcohol motifs (C(OH)–C–C–N with tert-alkyl or cyclic N) is 1. The number of hydrogen-bond acceptors (Lipinski definition) is 4. The van der Waals surface area contributed by atoms with Gasteiger partial charge in [0, 0.05) is 18.5 Å². The first-order valence-electron chi connectivity index (χ1n) is 6.14. The van der Waals surface area contributed by atoms with Crippen LogP contribution in [0.25, 0.3) is 11.0 Å². The zero-order chi connectivity index (χ0) is 13.6. The number of benzene rings is 1. The van der Waals surface area contributed by atoms with Gasteiger partial charge in [-0.3, -0.25) is 4.79 Å². The van der Waals surface area contributed by atoms with Crippen LogP contribution in [0.4, 0.5) is 0 Å². The van der Waals surface area contributed by atoms with Gasteiger partial charge in [-0.05, 0) is 25.1 Å². The summed E-state index contributed by atoms with van der Waals surface area (Å²) < 4.78 is 10.8. The van der Waals surface area contributed by atoms with Gasteiger partial charge in [-0.1, -0.05) is 0 Å². The Bertz CT molecular complexity index is 640. The SMILES string of the molecule is COc1ccc2oc(C)c(C(=O)N3CC(O)C3)c2c1. The van der Waals surface area contributed by atoms with Gasteiger partial charge in [0.2, 0.25) is 0 Å². The molecule has 1 N–H and O–H groups in total. The van der Waals surface area contributed by atoms with E-state index in [1.165, 1.54) is 0 Å². The second-order valence-corrected chi connectivity index (χ2v) is 4.76. The Balaban J connectivity index is 2.06. The third kappa shape index (κ3) is 1.86. The molecule has 0 bridgehead atoms. The third-order valence-electron chi connectivity index (χ3n) is 3.43. The number of aryl methyl sites for hydroxylation is 1. The summed E-state index contributed by atoms with van der Waals surface area (Å²) >= 11 is 0. The molecule has 1 aromatic carbocycles. The van der Waals surface area contributed by atoms with Gasteiger partial charge >= 0.3 is 0 Å². The molecule has 19 heavy (non-hydrogen) atoms. The lowest BCUT2D eigenvalue weighted by molar-refractivity contribution is 0.00589. The van der Waals surface area contributed by atoms with Gasteiger partial charge in [0.1, 0.15) is 17.1 Å². The van der Waals surface area contributed by atoms with Crippen molar-refractivity contribution in [3.05, 3.63) is 29.5 Å². The molecule has 2 aromatic rings. The number of carbonyl (C=O) groups excluding carboxylic acids is 1. The van der Waals surface area contributed by atoms with Crippen LogP contribution in [0.5, 0.6) is 5.75 Å². The second-order valence-electron chi connectivity index (χ2n) is 4.76. The quantitative estimate of drug-likeness (QED) is 0.891. The molecule has 0 aliphatic carbocycles. The lowest BCUT2D eigenvalue weighted by Gasteiger charge is -2.35. The van der Waals surface area contributed by atoms with Crippen LogP contribution in [-0.4, -0.2) is 42.2 Å². The highest BCUT2D eigenvalue weighted by Crippen LogP contribution is 2.30. The third-order valence-corrected chi connectivity index (χ3v) is 3.43. The highest BCUT2D eigenvalue weighted by molar-refractivity contribution is 6.07. The maximum Gasteiger partial charge on any atom is 0.258 e. The molecule has 1 fully saturated rings. The highest BCUT2D eigenvalue weighted by atomic mass is 16.5. The van der Waals surface area contributed by atoms with Crippen molar-refractivity contribution in [3.8, 4) is 5.75 Å². The molecule has 1 saturated heterocycles. The predicted molar refractivity (Wildman–Crippen MR) is 69.4 cm³/mol. The fourth-order valence-electron chi connectivity index (χ4n) is 2.37. The molecule has 0 atom stereocenters. The molecule has 1 aromatic heterocycles. The molecule has 0 radical (unpaired) electrons. The van der Waals surface area contributed by atoms with E-state index < -0.39 is 6.10 Å². The highest BCUT2D eigenvalue weighted by Gasteiger charge is 2.32. The fourth-order valence-corrected chi connectivity index (χ4v) is 2.37. The normalized spacial score (nSPS) is 15.6. The van der Waals surface area contributed by atoms with Gasteiger partial charge in [-0.15, -0.1) is 0 Å². The van der Waals surface area contributed by atoms with Crippen LogP contribution in [0, 0.1) is 6.92 Å². The standard InChI is InChI=1S/C14H15NO4/c1-8-13(14(17)15-6-9(16)7-15)11-5-10(18-2)3-4-12(11)19-8/h3-5,9,16H,6-7H2,1-2H3. The van der Waals surface area contributed by atoms with E-state index in [1.54, 1.807) is 37.1 Å². The number of hydrogen-bond donors (Lipinski definition) is 1. The van der Waals surface area contributed by atoms with Crippen LogP contribution in [0.1, 0.15) is 16.1 Å². The van der Waals surface area contributed by atoms with Crippen LogP contribution in [0.15, 0.2) is 22.6 Å². The van der Waals surface area contributed by atoms with E-state index in [2.05, 4.69) is 0 Å². The van der Waals surface area contributed by atoms with Crippen molar-refractivity contribution in [1.29, 1.82) is 0 Å². The summed E-state index contributed by atoms with van der Waals surface area (Å²) in [6.07, 6.45) is -0.406. The number of ether oxygens (including phenoxy) is 1. The Labute approximate surface area is 110 Å². The van der Waals surface area contributed by atoms with Crippen molar-refractivity contribution in [3.63, 3.8) is 0 Å². The van der Waals surface area contributed by atoms with Gasteiger partial charge in [-0.25, -0.2) is 0 Å². The van der Waals surface area contributed by atoms with Crippen LogP contribution in [0.3, 0.4) is 0 Å². The summed E-state index contributed by atoms with van der Waals surface area (Å²) in [6, 6.07) is 5.39. The largest absolute Gasteiger partial charge is 0.497 e. The van der Waals surface area contributed by atoms with Crippen molar-refractivity contribution < 1.29 is 19.1 Å². The van der Waals surface area contributed by atoms with E-state index in [0.29, 0.717) is 35.7 Å². The van der Waals surface area contributed by atoms with Crippen LogP contribution in [-0.2, 0) is 0 Å². The van der Waals surface area contributed by atoms with E-state index in [1.807, 2.05) is 0 Å². The Hall–Kier alpha value is -2.01. The monoisotopic (exact) mass is 261 g/mol. The molecule has 1 aliphatic heterocycles. The minimum absolute atomic E-state index is 0.102. The van der Waals surface area contributed by atoms with E-state index in [4.69, 9.17) is 9.15 Å². The first-order valence-corrected chi connectivity index (χ1v) is 6.14. The molecule has 1 aliphatic rings. The van der Waals surface area contributed by atoms with E-state index in [0.717, 1.165) is 5.39 Å². The number of fused-ring (bicyclic) bond motifs is 1. The molecule has 1 amide bonds. The van der Waals surface area contributed by atoms with Crippen molar-refractivity contribution in [2.45, 2.75) is 13.0 Å². The number of furan rings is 1. The van der Waals surface area contributed by atoms with Crippen molar-refractivity contribution in [2.75, 3.05) is 20.2 Å². The van der Waals surface area contributed by atoms with Crippen LogP contribution < -0.4 is 4.74 Å². The molecule has 100 valence electrons. The number of methoxy groups -OCH3 is 1. The summed E-state index contributed by atoms with van der Waals surface area (Å²) in [7, 11) is 1.58. The molecule has 5 nitrogen and oxygen atoms in total. The summed E-state index contributed by atoms with van der Waals surface area (Å²) in [5.41, 5.74) is 1.23. The molecule has 0 saturated carbocycles. The molecule has 5 heteroatoms. The number of aliphatic hydroxyl groups excluding tert-OH is 1. The van der Waals surface area contributed by atoms with Crippen LogP contribution >= 0.6 is 0 Å². The smallest absolute Gasteiger partial charge is 0.258 e. The van der Waals surface area contributed by atoms with Crippen molar-refractivity contribution in [1.82, 2.24) is 4.90 Å². The van der Waals surface area contributed by atoms with Crippen LogP contribution in [0.2, 0.25) is 0 Å². The van der Waals surface area contributed by atoms with Gasteiger partial charge < -0.3 is 19.2 Å². The Kier molecular flexibility index (Phi) is 2.71. The predicted octanol–water partition coefficient (Wildman–Crippen LogP) is 1.57. The van der Waals surface area contributed by atoms with Crippen molar-refractivity contribution in [2.24, 2.45) is 0 Å². The minimum Gasteiger partial charge on any atom is -0.497 e. The lowest BCUT2D eigenvalue weighted by atomic mass is 10.1. The first-order chi connectivity index (χ1) is 9.10. The fraction of sp³-hybridized carbons (Fsp3) is 0.357. The maximum absolute atomic E-state index is 12.4. The molecule has 0 unspecified atom stereocenters. The number of carbonyl (C=O) groups is 1. The average Bonchev–Trinajstić information content (AvgIpc) is 2.69. The van der Waals surface area contributed by atoms with Gasteiger partial charge in [0.05, 0.1) is 18.8 Å². The van der Waals surface area contributed by atoms with Crippen molar-refractivity contribution >= 4 is 16.9 Å². The van der Waals surface area contributed by atoms with E-state index in [9.17, 15) is 9.90 Å². The summed E-state index contributed by atoms with van der Waals surface area (Å²) in [4.78, 5) is 14.0. The second kappa shape index (κ2) is 4.28. The number of nitrogens with zero attached hydrogens (tertiary/aromatic N) is 1. The average molecular weight is 261 g/mol. The number of rotatable bonds is 2. The number of amides is 1. The van der Waals surface area contributed by atoms with Gasteiger partial charge in [0.25, 0.3) is 5.91 Å². The zero-order valence-corrected chi connectivity index (χ0v) is 10.8. The van der Waals surface area contributed by atoms with Gasteiger partial charge in [0.15, 0.2) is 0 Å². The molecular formula is C14H15NO4. The zero-order valence-electron chi connectivity index (χ0n) is 10.8.